The summed E-state index contributed by atoms with van der Waals surface area (Å²) in [5.74, 6) is -1.37. The predicted octanol–water partition coefficient (Wildman–Crippen LogP) is 0.464. The first kappa shape index (κ1) is 22.0. The highest BCUT2D eigenvalue weighted by atomic mass is 16.5. The van der Waals surface area contributed by atoms with Crippen molar-refractivity contribution < 1.29 is 19.6 Å². The van der Waals surface area contributed by atoms with Crippen LogP contribution in [-0.4, -0.2) is 48.6 Å². The van der Waals surface area contributed by atoms with Crippen LogP contribution < -0.4 is 27.2 Å². The van der Waals surface area contributed by atoms with Gasteiger partial charge in [-0.25, -0.2) is 5.48 Å². The maximum absolute atomic E-state index is 12.2. The zero-order chi connectivity index (χ0) is 21.2. The fourth-order valence-corrected chi connectivity index (χ4v) is 2.55. The Kier molecular flexibility index (Phi) is 8.28. The normalized spacial score (nSPS) is 11.4. The van der Waals surface area contributed by atoms with Crippen LogP contribution in [0.15, 0.2) is 48.5 Å². The van der Waals surface area contributed by atoms with Crippen LogP contribution in [-0.2, 0) is 9.59 Å². The fourth-order valence-electron chi connectivity index (χ4n) is 2.55. The molecule has 3 amide bonds. The van der Waals surface area contributed by atoms with Crippen LogP contribution in [0.1, 0.15) is 17.3 Å². The number of amides is 3. The van der Waals surface area contributed by atoms with Crippen LogP contribution in [0.5, 0.6) is 0 Å². The molecule has 154 valence electrons. The molecule has 0 saturated heterocycles. The molecule has 0 radical (unpaired) electrons. The van der Waals surface area contributed by atoms with Gasteiger partial charge in [-0.3, -0.25) is 19.6 Å². The second kappa shape index (κ2) is 10.9. The monoisotopic (exact) mass is 399 g/mol. The minimum Gasteiger partial charge on any atom is -0.339 e. The molecule has 0 bridgehead atoms. The Hall–Kier alpha value is -3.27. The minimum absolute atomic E-state index is 0.111. The van der Waals surface area contributed by atoms with Gasteiger partial charge in [-0.05, 0) is 41.9 Å². The van der Waals surface area contributed by atoms with E-state index in [1.54, 1.807) is 36.4 Å². The van der Waals surface area contributed by atoms with Crippen LogP contribution in [0.4, 0.5) is 5.69 Å². The van der Waals surface area contributed by atoms with Crippen LogP contribution in [0.3, 0.4) is 0 Å². The highest BCUT2D eigenvalue weighted by Crippen LogP contribution is 2.22. The number of rotatable bonds is 9. The van der Waals surface area contributed by atoms with Gasteiger partial charge in [-0.1, -0.05) is 31.2 Å². The third kappa shape index (κ3) is 6.39. The number of hydroxylamine groups is 1. The van der Waals surface area contributed by atoms with Gasteiger partial charge in [0.1, 0.15) is 6.04 Å². The summed E-state index contributed by atoms with van der Waals surface area (Å²) in [6.45, 7) is 2.77. The number of hydrogen-bond acceptors (Lipinski definition) is 6. The quantitative estimate of drug-likeness (QED) is 0.267. The van der Waals surface area contributed by atoms with Crippen molar-refractivity contribution in [3.05, 3.63) is 54.1 Å². The van der Waals surface area contributed by atoms with E-state index in [4.69, 9.17) is 10.9 Å². The Balaban J connectivity index is 2.01. The van der Waals surface area contributed by atoms with Crippen molar-refractivity contribution in [2.75, 3.05) is 25.0 Å². The van der Waals surface area contributed by atoms with Gasteiger partial charge in [0.05, 0.1) is 6.54 Å². The van der Waals surface area contributed by atoms with E-state index in [1.807, 2.05) is 19.1 Å². The number of benzene rings is 2. The summed E-state index contributed by atoms with van der Waals surface area (Å²) < 4.78 is 0. The summed E-state index contributed by atoms with van der Waals surface area (Å²) in [7, 11) is 0. The number of likely N-dealkylation sites (N-methyl/N-ethyl adjacent to an activating group) is 1. The lowest BCUT2D eigenvalue weighted by Gasteiger charge is -2.14. The summed E-state index contributed by atoms with van der Waals surface area (Å²) in [6, 6.07) is 13.1. The van der Waals surface area contributed by atoms with E-state index in [0.717, 1.165) is 17.7 Å². The molecule has 7 N–H and O–H groups in total. The number of hydrogen-bond donors (Lipinski definition) is 6. The lowest BCUT2D eigenvalue weighted by molar-refractivity contribution is -0.130. The molecule has 29 heavy (non-hydrogen) atoms. The maximum atomic E-state index is 12.2. The van der Waals surface area contributed by atoms with Gasteiger partial charge in [0.15, 0.2) is 0 Å². The second-order valence-electron chi connectivity index (χ2n) is 6.22. The number of nitrogens with one attached hydrogen (secondary N) is 4. The third-order valence-electron chi connectivity index (χ3n) is 4.15. The van der Waals surface area contributed by atoms with Gasteiger partial charge >= 0.3 is 0 Å². The van der Waals surface area contributed by atoms with Crippen molar-refractivity contribution in [2.24, 2.45) is 5.73 Å². The zero-order valence-corrected chi connectivity index (χ0v) is 16.1. The molecule has 2 aromatic carbocycles. The first-order chi connectivity index (χ1) is 14.0. The van der Waals surface area contributed by atoms with E-state index in [0.29, 0.717) is 11.3 Å². The molecule has 2 aromatic rings. The standard InChI is InChI=1S/C20H25N5O4/c1-2-22-12-18(26)23-16-9-7-14(8-10-16)13-3-5-15(6-4-13)19(27)24-17(11-21)20(28)25-29/h3-10,17,22,29H,2,11-12,21H2,1H3,(H,23,26)(H,24,27)(H,25,28)/t17-/m0/s1. The summed E-state index contributed by atoms with van der Waals surface area (Å²) in [6.07, 6.45) is 0. The van der Waals surface area contributed by atoms with E-state index in [2.05, 4.69) is 16.0 Å². The van der Waals surface area contributed by atoms with Gasteiger partial charge in [0.2, 0.25) is 5.91 Å². The SMILES string of the molecule is CCNCC(=O)Nc1ccc(-c2ccc(C(=O)N[C@@H](CN)C(=O)NO)cc2)cc1. The summed E-state index contributed by atoms with van der Waals surface area (Å²) >= 11 is 0. The van der Waals surface area contributed by atoms with E-state index in [-0.39, 0.29) is 19.0 Å². The molecule has 0 fully saturated rings. The molecule has 0 aliphatic carbocycles. The van der Waals surface area contributed by atoms with Gasteiger partial charge < -0.3 is 21.7 Å². The van der Waals surface area contributed by atoms with Crippen molar-refractivity contribution in [1.82, 2.24) is 16.1 Å². The summed E-state index contributed by atoms with van der Waals surface area (Å²) in [5.41, 5.74) is 9.74. The van der Waals surface area contributed by atoms with E-state index in [9.17, 15) is 14.4 Å². The Bertz CT molecular complexity index is 837. The van der Waals surface area contributed by atoms with E-state index < -0.39 is 17.9 Å². The summed E-state index contributed by atoms with van der Waals surface area (Å²) in [5, 5.41) is 16.9. The largest absolute Gasteiger partial charge is 0.339 e. The molecule has 0 aliphatic rings. The molecule has 2 rings (SSSR count). The van der Waals surface area contributed by atoms with Crippen LogP contribution >= 0.6 is 0 Å². The van der Waals surface area contributed by atoms with Crippen LogP contribution in [0, 0.1) is 0 Å². The minimum atomic E-state index is -1.03. The van der Waals surface area contributed by atoms with Crippen LogP contribution in [0.2, 0.25) is 0 Å². The molecule has 9 nitrogen and oxygen atoms in total. The Morgan fingerprint density at radius 1 is 1.00 bits per heavy atom. The molecular formula is C20H25N5O4. The Morgan fingerprint density at radius 2 is 1.59 bits per heavy atom. The van der Waals surface area contributed by atoms with Gasteiger partial charge in [-0.2, -0.15) is 0 Å². The molecule has 9 heteroatoms. The molecule has 0 aromatic heterocycles. The van der Waals surface area contributed by atoms with Crippen molar-refractivity contribution in [2.45, 2.75) is 13.0 Å². The fraction of sp³-hybridized carbons (Fsp3) is 0.250. The molecule has 0 unspecified atom stereocenters. The van der Waals surface area contributed by atoms with E-state index >= 15 is 0 Å². The first-order valence-corrected chi connectivity index (χ1v) is 9.14. The molecule has 0 saturated carbocycles. The topological polar surface area (TPSA) is 146 Å². The van der Waals surface area contributed by atoms with Crippen molar-refractivity contribution in [1.29, 1.82) is 0 Å². The van der Waals surface area contributed by atoms with Gasteiger partial charge in [0, 0.05) is 17.8 Å². The zero-order valence-electron chi connectivity index (χ0n) is 16.1. The highest BCUT2D eigenvalue weighted by molar-refractivity contribution is 5.98. The number of carbonyl (C=O) groups excluding carboxylic acids is 3. The number of anilines is 1. The van der Waals surface area contributed by atoms with Gasteiger partial charge in [-0.15, -0.1) is 0 Å². The average Bonchev–Trinajstić information content (AvgIpc) is 2.76. The Morgan fingerprint density at radius 3 is 2.10 bits per heavy atom. The van der Waals surface area contributed by atoms with Crippen molar-refractivity contribution in [3.63, 3.8) is 0 Å². The molecular weight excluding hydrogens is 374 g/mol. The number of carbonyl (C=O) groups is 3. The van der Waals surface area contributed by atoms with Crippen molar-refractivity contribution in [3.8, 4) is 11.1 Å². The van der Waals surface area contributed by atoms with Gasteiger partial charge in [0.25, 0.3) is 11.8 Å². The first-order valence-electron chi connectivity index (χ1n) is 9.14. The number of nitrogens with two attached hydrogens (primary N) is 1. The molecule has 1 atom stereocenters. The second-order valence-corrected chi connectivity index (χ2v) is 6.22. The smallest absolute Gasteiger partial charge is 0.267 e. The lowest BCUT2D eigenvalue weighted by Crippen LogP contribution is -2.50. The maximum Gasteiger partial charge on any atom is 0.267 e. The summed E-state index contributed by atoms with van der Waals surface area (Å²) in [4.78, 5) is 35.4. The van der Waals surface area contributed by atoms with E-state index in [1.165, 1.54) is 5.48 Å². The average molecular weight is 399 g/mol. The lowest BCUT2D eigenvalue weighted by atomic mass is 10.0. The molecule has 0 aliphatic heterocycles. The Labute approximate surface area is 168 Å². The van der Waals surface area contributed by atoms with Crippen LogP contribution in [0.25, 0.3) is 11.1 Å². The van der Waals surface area contributed by atoms with Crippen molar-refractivity contribution >= 4 is 23.4 Å². The molecule has 0 heterocycles. The third-order valence-corrected chi connectivity index (χ3v) is 4.15. The predicted molar refractivity (Wildman–Crippen MR) is 109 cm³/mol. The molecule has 0 spiro atoms. The highest BCUT2D eigenvalue weighted by Gasteiger charge is 2.19.